The van der Waals surface area contributed by atoms with Crippen molar-refractivity contribution in [3.63, 3.8) is 0 Å². The number of nitrogens with one attached hydrogen (secondary N) is 2. The third kappa shape index (κ3) is 4.73. The van der Waals surface area contributed by atoms with Gasteiger partial charge in [0, 0.05) is 23.8 Å². The maximum Gasteiger partial charge on any atom is 0.417 e. The van der Waals surface area contributed by atoms with Crippen molar-refractivity contribution in [2.45, 2.75) is 6.18 Å². The first-order valence-corrected chi connectivity index (χ1v) is 8.03. The minimum atomic E-state index is -4.62. The van der Waals surface area contributed by atoms with Crippen LogP contribution in [0.5, 0.6) is 0 Å². The fraction of sp³-hybridized carbons (Fsp3) is 0.0556. The fourth-order valence-corrected chi connectivity index (χ4v) is 2.41. The predicted octanol–water partition coefficient (Wildman–Crippen LogP) is 5.14. The number of hydrogen-bond acceptors (Lipinski definition) is 4. The quantitative estimate of drug-likeness (QED) is 0.644. The van der Waals surface area contributed by atoms with E-state index in [0.29, 0.717) is 0 Å². The van der Waals surface area contributed by atoms with Gasteiger partial charge in [0.15, 0.2) is 0 Å². The largest absolute Gasteiger partial charge is 0.417 e. The molecule has 138 valence electrons. The van der Waals surface area contributed by atoms with E-state index in [0.717, 1.165) is 17.8 Å². The molecule has 0 radical (unpaired) electrons. The fourth-order valence-electron chi connectivity index (χ4n) is 2.18. The molecule has 0 saturated carbocycles. The third-order valence-corrected chi connectivity index (χ3v) is 3.80. The van der Waals surface area contributed by atoms with Crippen molar-refractivity contribution in [2.24, 2.45) is 0 Å². The first kappa shape index (κ1) is 18.7. The Morgan fingerprint density at radius 2 is 1.63 bits per heavy atom. The zero-order valence-corrected chi connectivity index (χ0v) is 14.3. The number of aromatic nitrogens is 2. The molecule has 0 spiro atoms. The zero-order valence-electron chi connectivity index (χ0n) is 13.6. The summed E-state index contributed by atoms with van der Waals surface area (Å²) in [4.78, 5) is 20.3. The Bertz CT molecular complexity index is 947. The number of carbonyl (C=O) groups is 1. The summed E-state index contributed by atoms with van der Waals surface area (Å²) in [6, 6.07) is 12.3. The highest BCUT2D eigenvalue weighted by atomic mass is 35.5. The summed E-state index contributed by atoms with van der Waals surface area (Å²) in [7, 11) is 0. The SMILES string of the molecule is O=C(Nc1ccc(Cl)c(C(F)(F)F)c1)c1cnc(Nc2ccccc2)nc1. The Labute approximate surface area is 157 Å². The van der Waals surface area contributed by atoms with Crippen molar-refractivity contribution >= 4 is 34.8 Å². The summed E-state index contributed by atoms with van der Waals surface area (Å²) < 4.78 is 38.7. The molecule has 0 atom stereocenters. The number of carbonyl (C=O) groups excluding carboxylic acids is 1. The molecule has 0 unspecified atom stereocenters. The molecule has 1 amide bonds. The van der Waals surface area contributed by atoms with Gasteiger partial charge in [-0.05, 0) is 30.3 Å². The Hall–Kier alpha value is -3.13. The van der Waals surface area contributed by atoms with Gasteiger partial charge >= 0.3 is 6.18 Å². The molecule has 2 N–H and O–H groups in total. The van der Waals surface area contributed by atoms with Crippen molar-refractivity contribution in [1.82, 2.24) is 9.97 Å². The number of rotatable bonds is 4. The lowest BCUT2D eigenvalue weighted by atomic mass is 10.2. The van der Waals surface area contributed by atoms with Gasteiger partial charge in [-0.15, -0.1) is 0 Å². The second-order valence-electron chi connectivity index (χ2n) is 5.43. The van der Waals surface area contributed by atoms with Crippen LogP contribution in [-0.2, 0) is 6.18 Å². The average molecular weight is 393 g/mol. The maximum atomic E-state index is 12.9. The van der Waals surface area contributed by atoms with Crippen molar-refractivity contribution < 1.29 is 18.0 Å². The predicted molar refractivity (Wildman–Crippen MR) is 96.2 cm³/mol. The molecule has 0 aliphatic rings. The number of benzene rings is 2. The van der Waals surface area contributed by atoms with Crippen molar-refractivity contribution in [3.05, 3.63) is 77.1 Å². The van der Waals surface area contributed by atoms with E-state index in [1.54, 1.807) is 0 Å². The highest BCUT2D eigenvalue weighted by Gasteiger charge is 2.33. The first-order chi connectivity index (χ1) is 12.8. The number of halogens is 4. The lowest BCUT2D eigenvalue weighted by Crippen LogP contribution is -2.14. The molecule has 3 aromatic rings. The maximum absolute atomic E-state index is 12.9. The second kappa shape index (κ2) is 7.63. The molecule has 0 saturated heterocycles. The molecule has 0 aliphatic heterocycles. The van der Waals surface area contributed by atoms with Gasteiger partial charge in [-0.2, -0.15) is 13.2 Å². The Balaban J connectivity index is 1.71. The van der Waals surface area contributed by atoms with E-state index in [-0.39, 0.29) is 17.2 Å². The van der Waals surface area contributed by atoms with Gasteiger partial charge in [-0.1, -0.05) is 29.8 Å². The molecule has 1 aromatic heterocycles. The molecule has 3 rings (SSSR count). The molecular weight excluding hydrogens is 381 g/mol. The Morgan fingerprint density at radius 1 is 0.963 bits per heavy atom. The molecule has 27 heavy (non-hydrogen) atoms. The third-order valence-electron chi connectivity index (χ3n) is 3.47. The number of anilines is 3. The van der Waals surface area contributed by atoms with Crippen LogP contribution in [0.15, 0.2) is 60.9 Å². The van der Waals surface area contributed by atoms with Crippen LogP contribution in [0, 0.1) is 0 Å². The topological polar surface area (TPSA) is 66.9 Å². The van der Waals surface area contributed by atoms with E-state index in [9.17, 15) is 18.0 Å². The van der Waals surface area contributed by atoms with Crippen LogP contribution in [0.4, 0.5) is 30.5 Å². The monoisotopic (exact) mass is 392 g/mol. The van der Waals surface area contributed by atoms with Crippen LogP contribution in [0.3, 0.4) is 0 Å². The molecule has 0 bridgehead atoms. The van der Waals surface area contributed by atoms with E-state index in [1.165, 1.54) is 18.5 Å². The molecule has 0 fully saturated rings. The van der Waals surface area contributed by atoms with Crippen molar-refractivity contribution in [2.75, 3.05) is 10.6 Å². The lowest BCUT2D eigenvalue weighted by molar-refractivity contribution is -0.137. The molecular formula is C18H12ClF3N4O. The van der Waals surface area contributed by atoms with Crippen molar-refractivity contribution in [3.8, 4) is 0 Å². The van der Waals surface area contributed by atoms with Crippen LogP contribution in [-0.4, -0.2) is 15.9 Å². The van der Waals surface area contributed by atoms with Crippen LogP contribution in [0.2, 0.25) is 5.02 Å². The highest BCUT2D eigenvalue weighted by molar-refractivity contribution is 6.31. The van der Waals surface area contributed by atoms with E-state index >= 15 is 0 Å². The standard InChI is InChI=1S/C18H12ClF3N4O/c19-15-7-6-13(8-14(15)18(20,21)22)25-16(27)11-9-23-17(24-10-11)26-12-4-2-1-3-5-12/h1-10H,(H,25,27)(H,23,24,26). The number of alkyl halides is 3. The normalized spacial score (nSPS) is 11.1. The van der Waals surface area contributed by atoms with Gasteiger partial charge < -0.3 is 10.6 Å². The number of hydrogen-bond donors (Lipinski definition) is 2. The van der Waals surface area contributed by atoms with E-state index in [2.05, 4.69) is 20.6 Å². The van der Waals surface area contributed by atoms with Crippen LogP contribution < -0.4 is 10.6 Å². The van der Waals surface area contributed by atoms with Crippen LogP contribution in [0.1, 0.15) is 15.9 Å². The Kier molecular flexibility index (Phi) is 5.27. The number of nitrogens with zero attached hydrogens (tertiary/aromatic N) is 2. The van der Waals surface area contributed by atoms with E-state index in [4.69, 9.17) is 11.6 Å². The van der Waals surface area contributed by atoms with Gasteiger partial charge in [0.05, 0.1) is 16.1 Å². The van der Waals surface area contributed by atoms with E-state index in [1.807, 2.05) is 30.3 Å². The smallest absolute Gasteiger partial charge is 0.324 e. The summed E-state index contributed by atoms with van der Waals surface area (Å²) in [5, 5.41) is 4.88. The van der Waals surface area contributed by atoms with Crippen LogP contribution >= 0.6 is 11.6 Å². The zero-order chi connectivity index (χ0) is 19.4. The second-order valence-corrected chi connectivity index (χ2v) is 5.84. The summed E-state index contributed by atoms with van der Waals surface area (Å²) in [5.41, 5.74) is -0.198. The lowest BCUT2D eigenvalue weighted by Gasteiger charge is -2.12. The summed E-state index contributed by atoms with van der Waals surface area (Å²) in [6.07, 6.45) is -2.08. The molecule has 0 aliphatic carbocycles. The summed E-state index contributed by atoms with van der Waals surface area (Å²) in [6.45, 7) is 0. The molecule has 5 nitrogen and oxygen atoms in total. The van der Waals surface area contributed by atoms with Gasteiger partial charge in [0.1, 0.15) is 0 Å². The Morgan fingerprint density at radius 3 is 2.26 bits per heavy atom. The van der Waals surface area contributed by atoms with Crippen LogP contribution in [0.25, 0.3) is 0 Å². The van der Waals surface area contributed by atoms with Gasteiger partial charge in [-0.25, -0.2) is 9.97 Å². The number of amides is 1. The van der Waals surface area contributed by atoms with Crippen molar-refractivity contribution in [1.29, 1.82) is 0 Å². The first-order valence-electron chi connectivity index (χ1n) is 7.65. The summed E-state index contributed by atoms with van der Waals surface area (Å²) >= 11 is 5.56. The molecule has 2 aromatic carbocycles. The average Bonchev–Trinajstić information content (AvgIpc) is 2.64. The van der Waals surface area contributed by atoms with Gasteiger partial charge in [0.2, 0.25) is 5.95 Å². The minimum absolute atomic E-state index is 0.0387. The molecule has 1 heterocycles. The highest BCUT2D eigenvalue weighted by Crippen LogP contribution is 2.36. The minimum Gasteiger partial charge on any atom is -0.324 e. The summed E-state index contributed by atoms with van der Waals surface area (Å²) in [5.74, 6) is -0.361. The molecule has 9 heteroatoms. The van der Waals surface area contributed by atoms with Gasteiger partial charge in [0.25, 0.3) is 5.91 Å². The number of para-hydroxylation sites is 1. The van der Waals surface area contributed by atoms with Gasteiger partial charge in [-0.3, -0.25) is 4.79 Å². The van der Waals surface area contributed by atoms with E-state index < -0.39 is 22.7 Å².